The Bertz CT molecular complexity index is 115. The second-order valence-corrected chi connectivity index (χ2v) is 7.55. The van der Waals surface area contributed by atoms with E-state index in [0.29, 0.717) is 0 Å². The Balaban J connectivity index is 3.45. The summed E-state index contributed by atoms with van der Waals surface area (Å²) in [4.78, 5) is 3.82. The van der Waals surface area contributed by atoms with E-state index in [1.54, 1.807) is 0 Å². The van der Waals surface area contributed by atoms with Crippen molar-refractivity contribution < 1.29 is 4.43 Å². The van der Waals surface area contributed by atoms with Crippen molar-refractivity contribution in [3.05, 3.63) is 0 Å². The summed E-state index contributed by atoms with van der Waals surface area (Å²) in [7, 11) is -1.33. The number of aliphatic imine (C=N–C) groups is 1. The quantitative estimate of drug-likeness (QED) is 0.343. The van der Waals surface area contributed by atoms with E-state index in [9.17, 15) is 0 Å². The lowest BCUT2D eigenvalue weighted by atomic mass is 10.5. The molecule has 0 spiro atoms. The van der Waals surface area contributed by atoms with E-state index >= 15 is 0 Å². The van der Waals surface area contributed by atoms with Gasteiger partial charge in [0, 0.05) is 13.2 Å². The molecule has 0 amide bonds. The molecule has 66 valence electrons. The van der Waals surface area contributed by atoms with Crippen molar-refractivity contribution in [3.8, 4) is 0 Å². The SMILES string of the molecule is C=NCCC[Si](C)(C)OCC. The molecular weight excluding hydrogens is 154 g/mol. The van der Waals surface area contributed by atoms with Gasteiger partial charge in [0.05, 0.1) is 0 Å². The molecule has 0 aromatic carbocycles. The maximum atomic E-state index is 5.65. The van der Waals surface area contributed by atoms with Crippen molar-refractivity contribution in [1.29, 1.82) is 0 Å². The zero-order valence-electron chi connectivity index (χ0n) is 7.89. The second kappa shape index (κ2) is 5.49. The van der Waals surface area contributed by atoms with Crippen LogP contribution in [0.3, 0.4) is 0 Å². The minimum absolute atomic E-state index is 0.848. The molecule has 11 heavy (non-hydrogen) atoms. The monoisotopic (exact) mass is 173 g/mol. The first kappa shape index (κ1) is 10.8. The number of rotatable bonds is 6. The van der Waals surface area contributed by atoms with E-state index in [-0.39, 0.29) is 0 Å². The molecule has 0 fully saturated rings. The summed E-state index contributed by atoms with van der Waals surface area (Å²) in [5, 5.41) is 0. The van der Waals surface area contributed by atoms with Gasteiger partial charge in [-0.25, -0.2) is 0 Å². The Labute approximate surface area is 70.8 Å². The van der Waals surface area contributed by atoms with Gasteiger partial charge in [-0.15, -0.1) is 0 Å². The summed E-state index contributed by atoms with van der Waals surface area (Å²) < 4.78 is 5.65. The topological polar surface area (TPSA) is 21.6 Å². The highest BCUT2D eigenvalue weighted by molar-refractivity contribution is 6.71. The molecule has 0 radical (unpaired) electrons. The van der Waals surface area contributed by atoms with Crippen LogP contribution in [0.1, 0.15) is 13.3 Å². The first-order chi connectivity index (χ1) is 5.12. The first-order valence-electron chi connectivity index (χ1n) is 4.19. The maximum Gasteiger partial charge on any atom is 0.186 e. The summed E-state index contributed by atoms with van der Waals surface area (Å²) in [5.41, 5.74) is 0. The highest BCUT2D eigenvalue weighted by atomic mass is 28.4. The van der Waals surface area contributed by atoms with Crippen molar-refractivity contribution in [2.75, 3.05) is 13.2 Å². The number of nitrogens with zero attached hydrogens (tertiary/aromatic N) is 1. The summed E-state index contributed by atoms with van der Waals surface area (Å²) in [6, 6.07) is 1.19. The third kappa shape index (κ3) is 6.25. The molecule has 3 heteroatoms. The standard InChI is InChI=1S/C8H19NOSi/c1-5-10-11(3,4)8-6-7-9-2/h2,5-8H2,1,3-4H3. The minimum Gasteiger partial charge on any atom is -0.418 e. The molecule has 0 unspecified atom stereocenters. The molecule has 0 aliphatic carbocycles. The van der Waals surface area contributed by atoms with Gasteiger partial charge in [0.15, 0.2) is 8.32 Å². The van der Waals surface area contributed by atoms with Crippen molar-refractivity contribution >= 4 is 15.0 Å². The van der Waals surface area contributed by atoms with E-state index in [4.69, 9.17) is 4.43 Å². The van der Waals surface area contributed by atoms with Crippen LogP contribution in [-0.2, 0) is 4.43 Å². The van der Waals surface area contributed by atoms with Gasteiger partial charge < -0.3 is 9.42 Å². The van der Waals surface area contributed by atoms with Gasteiger partial charge in [0.2, 0.25) is 0 Å². The highest BCUT2D eigenvalue weighted by Gasteiger charge is 2.20. The lowest BCUT2D eigenvalue weighted by Gasteiger charge is -2.21. The fourth-order valence-electron chi connectivity index (χ4n) is 1.08. The number of hydrogen-bond donors (Lipinski definition) is 0. The second-order valence-electron chi connectivity index (χ2n) is 3.24. The lowest BCUT2D eigenvalue weighted by molar-refractivity contribution is 0.328. The fourth-order valence-corrected chi connectivity index (χ4v) is 3.01. The lowest BCUT2D eigenvalue weighted by Crippen LogP contribution is -2.30. The van der Waals surface area contributed by atoms with E-state index in [1.807, 2.05) is 0 Å². The first-order valence-corrected chi connectivity index (χ1v) is 7.30. The fraction of sp³-hybridized carbons (Fsp3) is 0.875. The van der Waals surface area contributed by atoms with Crippen molar-refractivity contribution in [3.63, 3.8) is 0 Å². The maximum absolute atomic E-state index is 5.65. The van der Waals surface area contributed by atoms with Crippen LogP contribution in [0.15, 0.2) is 4.99 Å². The third-order valence-electron chi connectivity index (χ3n) is 1.63. The van der Waals surface area contributed by atoms with Crippen molar-refractivity contribution in [2.45, 2.75) is 32.5 Å². The Morgan fingerprint density at radius 3 is 2.55 bits per heavy atom. The molecule has 0 saturated carbocycles. The van der Waals surface area contributed by atoms with E-state index in [0.717, 1.165) is 19.6 Å². The van der Waals surface area contributed by atoms with Crippen LogP contribution in [0.5, 0.6) is 0 Å². The number of hydrogen-bond acceptors (Lipinski definition) is 2. The molecule has 0 saturated heterocycles. The highest BCUT2D eigenvalue weighted by Crippen LogP contribution is 2.12. The third-order valence-corrected chi connectivity index (χ3v) is 4.26. The summed E-state index contributed by atoms with van der Waals surface area (Å²) in [6.07, 6.45) is 1.13. The summed E-state index contributed by atoms with van der Waals surface area (Å²) >= 11 is 0. The van der Waals surface area contributed by atoms with Crippen LogP contribution in [-0.4, -0.2) is 28.2 Å². The van der Waals surface area contributed by atoms with Gasteiger partial charge in [-0.3, -0.25) is 0 Å². The summed E-state index contributed by atoms with van der Waals surface area (Å²) in [6.45, 7) is 11.7. The van der Waals surface area contributed by atoms with E-state index < -0.39 is 8.32 Å². The largest absolute Gasteiger partial charge is 0.418 e. The molecule has 0 rings (SSSR count). The predicted molar refractivity (Wildman–Crippen MR) is 52.9 cm³/mol. The zero-order valence-corrected chi connectivity index (χ0v) is 8.89. The zero-order chi connectivity index (χ0) is 8.74. The molecular formula is C8H19NOSi. The van der Waals surface area contributed by atoms with Gasteiger partial charge in [-0.2, -0.15) is 0 Å². The average Bonchev–Trinajstić information content (AvgIpc) is 1.87. The van der Waals surface area contributed by atoms with Gasteiger partial charge >= 0.3 is 0 Å². The van der Waals surface area contributed by atoms with Crippen molar-refractivity contribution in [2.24, 2.45) is 4.99 Å². The predicted octanol–water partition coefficient (Wildman–Crippen LogP) is 2.32. The summed E-state index contributed by atoms with van der Waals surface area (Å²) in [5.74, 6) is 0. The molecule has 2 nitrogen and oxygen atoms in total. The van der Waals surface area contributed by atoms with Crippen LogP contribution in [0.25, 0.3) is 0 Å². The normalized spacial score (nSPS) is 11.5. The van der Waals surface area contributed by atoms with Crippen LogP contribution in [0.2, 0.25) is 19.1 Å². The molecule has 0 heterocycles. The van der Waals surface area contributed by atoms with Crippen LogP contribution in [0, 0.1) is 0 Å². The minimum atomic E-state index is -1.33. The Morgan fingerprint density at radius 2 is 2.09 bits per heavy atom. The molecule has 0 atom stereocenters. The van der Waals surface area contributed by atoms with Gasteiger partial charge in [-0.1, -0.05) is 0 Å². The van der Waals surface area contributed by atoms with Gasteiger partial charge in [-0.05, 0) is 39.2 Å². The van der Waals surface area contributed by atoms with Crippen molar-refractivity contribution in [1.82, 2.24) is 0 Å². The molecule has 0 N–H and O–H groups in total. The Kier molecular flexibility index (Phi) is 5.41. The molecule has 0 aliphatic rings. The van der Waals surface area contributed by atoms with E-state index in [2.05, 4.69) is 31.7 Å². The molecule has 0 bridgehead atoms. The Hall–Kier alpha value is -0.153. The molecule has 0 aliphatic heterocycles. The van der Waals surface area contributed by atoms with Gasteiger partial charge in [0.1, 0.15) is 0 Å². The van der Waals surface area contributed by atoms with Crippen LogP contribution >= 0.6 is 0 Å². The van der Waals surface area contributed by atoms with E-state index in [1.165, 1.54) is 6.04 Å². The van der Waals surface area contributed by atoms with Crippen LogP contribution in [0.4, 0.5) is 0 Å². The molecule has 0 aromatic heterocycles. The smallest absolute Gasteiger partial charge is 0.186 e. The van der Waals surface area contributed by atoms with Crippen LogP contribution < -0.4 is 0 Å². The average molecular weight is 173 g/mol. The molecule has 0 aromatic rings. The van der Waals surface area contributed by atoms with Gasteiger partial charge in [0.25, 0.3) is 0 Å². The Morgan fingerprint density at radius 1 is 1.45 bits per heavy atom.